The summed E-state index contributed by atoms with van der Waals surface area (Å²) in [6, 6.07) is 5.84. The van der Waals surface area contributed by atoms with Crippen LogP contribution >= 0.6 is 0 Å². The minimum atomic E-state index is -3.84. The molecule has 0 atom stereocenters. The molecule has 122 valence electrons. The average Bonchev–Trinajstić information content (AvgIpc) is 2.43. The second-order valence-electron chi connectivity index (χ2n) is 5.29. The molecule has 0 aliphatic heterocycles. The molecule has 3 N–H and O–H groups in total. The smallest absolute Gasteiger partial charge is 0.303 e. The first-order chi connectivity index (χ1) is 10.2. The van der Waals surface area contributed by atoms with Crippen molar-refractivity contribution in [1.29, 1.82) is 0 Å². The number of hydrogen-bond donors (Lipinski definition) is 3. The van der Waals surface area contributed by atoms with Gasteiger partial charge < -0.3 is 5.11 Å². The maximum Gasteiger partial charge on any atom is 0.303 e. The van der Waals surface area contributed by atoms with Gasteiger partial charge in [0.05, 0.1) is 4.90 Å². The van der Waals surface area contributed by atoms with Gasteiger partial charge in [0.15, 0.2) is 0 Å². The molecule has 7 nitrogen and oxygen atoms in total. The standard InChI is InChI=1S/C14H20N2O5S/c1-10(2)9-13(17)15-16-22(20,21)12-6-3-11(4-7-12)5-8-14(18)19/h3-4,6-7,10,16H,5,8-9H2,1-2H3,(H,15,17)(H,18,19). The van der Waals surface area contributed by atoms with E-state index in [0.717, 1.165) is 5.56 Å². The van der Waals surface area contributed by atoms with E-state index in [-0.39, 0.29) is 23.7 Å². The molecule has 1 aromatic carbocycles. The molecule has 0 aromatic heterocycles. The van der Waals surface area contributed by atoms with Crippen molar-refractivity contribution in [3.05, 3.63) is 29.8 Å². The molecule has 22 heavy (non-hydrogen) atoms. The third-order valence-electron chi connectivity index (χ3n) is 2.78. The van der Waals surface area contributed by atoms with Crippen LogP contribution in [-0.2, 0) is 26.0 Å². The molecule has 0 spiro atoms. The Balaban J connectivity index is 2.65. The molecule has 0 fully saturated rings. The Labute approximate surface area is 129 Å². The van der Waals surface area contributed by atoms with E-state index >= 15 is 0 Å². The van der Waals surface area contributed by atoms with Crippen molar-refractivity contribution < 1.29 is 23.1 Å². The minimum absolute atomic E-state index is 0.00331. The number of carboxylic acids is 1. The van der Waals surface area contributed by atoms with Crippen LogP contribution in [0.25, 0.3) is 0 Å². The lowest BCUT2D eigenvalue weighted by Crippen LogP contribution is -2.41. The fourth-order valence-electron chi connectivity index (χ4n) is 1.69. The Morgan fingerprint density at radius 1 is 1.18 bits per heavy atom. The van der Waals surface area contributed by atoms with E-state index < -0.39 is 21.9 Å². The Bertz CT molecular complexity index is 623. The number of hydrogen-bond acceptors (Lipinski definition) is 4. The number of benzene rings is 1. The van der Waals surface area contributed by atoms with Crippen molar-refractivity contribution in [3.8, 4) is 0 Å². The van der Waals surface area contributed by atoms with Gasteiger partial charge in [0.25, 0.3) is 10.0 Å². The summed E-state index contributed by atoms with van der Waals surface area (Å²) in [5.41, 5.74) is 2.88. The molecule has 0 aliphatic carbocycles. The zero-order valence-electron chi connectivity index (χ0n) is 12.5. The topological polar surface area (TPSA) is 113 Å². The number of hydrazine groups is 1. The number of aliphatic carboxylic acids is 1. The van der Waals surface area contributed by atoms with E-state index in [9.17, 15) is 18.0 Å². The Morgan fingerprint density at radius 2 is 1.77 bits per heavy atom. The number of carboxylic acid groups (broad SMARTS) is 1. The first-order valence-electron chi connectivity index (χ1n) is 6.82. The largest absolute Gasteiger partial charge is 0.481 e. The summed E-state index contributed by atoms with van der Waals surface area (Å²) in [6.07, 6.45) is 0.528. The van der Waals surface area contributed by atoms with Crippen molar-refractivity contribution in [3.63, 3.8) is 0 Å². The highest BCUT2D eigenvalue weighted by Crippen LogP contribution is 2.11. The zero-order chi connectivity index (χ0) is 16.8. The lowest BCUT2D eigenvalue weighted by Gasteiger charge is -2.10. The number of carbonyl (C=O) groups excluding carboxylic acids is 1. The second-order valence-corrected chi connectivity index (χ2v) is 6.97. The summed E-state index contributed by atoms with van der Waals surface area (Å²) in [6.45, 7) is 3.70. The highest BCUT2D eigenvalue weighted by molar-refractivity contribution is 7.89. The average molecular weight is 328 g/mol. The van der Waals surface area contributed by atoms with Gasteiger partial charge in [-0.05, 0) is 30.0 Å². The Morgan fingerprint density at radius 3 is 2.27 bits per heavy atom. The summed E-state index contributed by atoms with van der Waals surface area (Å²) in [7, 11) is -3.84. The molecular weight excluding hydrogens is 308 g/mol. The maximum atomic E-state index is 12.0. The monoisotopic (exact) mass is 328 g/mol. The van der Waals surface area contributed by atoms with Crippen molar-refractivity contribution in [1.82, 2.24) is 10.3 Å². The van der Waals surface area contributed by atoms with Crippen LogP contribution in [0.4, 0.5) is 0 Å². The van der Waals surface area contributed by atoms with Gasteiger partial charge in [0.2, 0.25) is 5.91 Å². The molecule has 1 rings (SSSR count). The van der Waals surface area contributed by atoms with Gasteiger partial charge in [-0.1, -0.05) is 26.0 Å². The SMILES string of the molecule is CC(C)CC(=O)NNS(=O)(=O)c1ccc(CCC(=O)O)cc1. The zero-order valence-corrected chi connectivity index (χ0v) is 13.3. The molecule has 0 bridgehead atoms. The Kier molecular flexibility index (Phi) is 6.51. The number of rotatable bonds is 8. The van der Waals surface area contributed by atoms with Crippen LogP contribution in [0.1, 0.15) is 32.3 Å². The summed E-state index contributed by atoms with van der Waals surface area (Å²) in [5, 5.41) is 8.60. The van der Waals surface area contributed by atoms with Gasteiger partial charge >= 0.3 is 5.97 Å². The van der Waals surface area contributed by atoms with E-state index in [4.69, 9.17) is 5.11 Å². The molecule has 0 unspecified atom stereocenters. The number of carbonyl (C=O) groups is 2. The lowest BCUT2D eigenvalue weighted by atomic mass is 10.1. The van der Waals surface area contributed by atoms with Crippen molar-refractivity contribution in [2.24, 2.45) is 5.92 Å². The maximum absolute atomic E-state index is 12.0. The molecule has 0 aliphatic rings. The van der Waals surface area contributed by atoms with Crippen LogP contribution in [0.5, 0.6) is 0 Å². The fraction of sp³-hybridized carbons (Fsp3) is 0.429. The van der Waals surface area contributed by atoms with Crippen LogP contribution in [0, 0.1) is 5.92 Å². The number of amides is 1. The predicted molar refractivity (Wildman–Crippen MR) is 80.3 cm³/mol. The van der Waals surface area contributed by atoms with Gasteiger partial charge in [-0.2, -0.15) is 0 Å². The summed E-state index contributed by atoms with van der Waals surface area (Å²) in [4.78, 5) is 23.9. The van der Waals surface area contributed by atoms with Crippen LogP contribution < -0.4 is 10.3 Å². The highest BCUT2D eigenvalue weighted by Gasteiger charge is 2.15. The number of nitrogens with one attached hydrogen (secondary N) is 2. The second kappa shape index (κ2) is 7.90. The predicted octanol–water partition coefficient (Wildman–Crippen LogP) is 1.06. The number of aryl methyl sites for hydroxylation is 1. The van der Waals surface area contributed by atoms with E-state index in [1.807, 2.05) is 18.7 Å². The van der Waals surface area contributed by atoms with E-state index in [1.165, 1.54) is 12.1 Å². The lowest BCUT2D eigenvalue weighted by molar-refractivity contribution is -0.137. The fourth-order valence-corrected chi connectivity index (χ4v) is 2.55. The highest BCUT2D eigenvalue weighted by atomic mass is 32.2. The van der Waals surface area contributed by atoms with Crippen LogP contribution in [-0.4, -0.2) is 25.4 Å². The van der Waals surface area contributed by atoms with E-state index in [1.54, 1.807) is 12.1 Å². The van der Waals surface area contributed by atoms with E-state index in [2.05, 4.69) is 5.43 Å². The molecule has 1 amide bonds. The Hall–Kier alpha value is -1.93. The minimum Gasteiger partial charge on any atom is -0.481 e. The van der Waals surface area contributed by atoms with Crippen molar-refractivity contribution in [2.75, 3.05) is 0 Å². The third-order valence-corrected chi connectivity index (χ3v) is 4.04. The first-order valence-corrected chi connectivity index (χ1v) is 8.30. The van der Waals surface area contributed by atoms with Crippen molar-refractivity contribution >= 4 is 21.9 Å². The van der Waals surface area contributed by atoms with Crippen LogP contribution in [0.15, 0.2) is 29.2 Å². The summed E-state index contributed by atoms with van der Waals surface area (Å²) in [5.74, 6) is -1.19. The van der Waals surface area contributed by atoms with Gasteiger partial charge in [-0.3, -0.25) is 15.0 Å². The molecular formula is C14H20N2O5S. The van der Waals surface area contributed by atoms with Gasteiger partial charge in [-0.25, -0.2) is 8.42 Å². The normalized spacial score (nSPS) is 11.4. The third kappa shape index (κ3) is 6.23. The van der Waals surface area contributed by atoms with Gasteiger partial charge in [0, 0.05) is 12.8 Å². The van der Waals surface area contributed by atoms with Crippen LogP contribution in [0.3, 0.4) is 0 Å². The molecule has 0 radical (unpaired) electrons. The summed E-state index contributed by atoms with van der Waals surface area (Å²) >= 11 is 0. The molecule has 0 saturated carbocycles. The van der Waals surface area contributed by atoms with Crippen LogP contribution in [0.2, 0.25) is 0 Å². The molecule has 0 heterocycles. The quantitative estimate of drug-likeness (QED) is 0.618. The molecule has 8 heteroatoms. The van der Waals surface area contributed by atoms with E-state index in [0.29, 0.717) is 6.42 Å². The summed E-state index contributed by atoms with van der Waals surface area (Å²) < 4.78 is 24.0. The first kappa shape index (κ1) is 18.1. The molecule has 1 aromatic rings. The van der Waals surface area contributed by atoms with Crippen molar-refractivity contribution in [2.45, 2.75) is 38.0 Å². The number of sulfonamides is 1. The van der Waals surface area contributed by atoms with Gasteiger partial charge in [-0.15, -0.1) is 4.83 Å². The molecule has 0 saturated heterocycles. The van der Waals surface area contributed by atoms with Gasteiger partial charge in [0.1, 0.15) is 0 Å².